The Bertz CT molecular complexity index is 1280. The molecule has 1 fully saturated rings. The molecule has 0 spiro atoms. The molecule has 0 saturated carbocycles. The number of nitrogens with one attached hydrogen (secondary N) is 2. The number of hydrogen-bond donors (Lipinski definition) is 2. The first-order chi connectivity index (χ1) is 16.9. The molecule has 3 amide bonds. The van der Waals surface area contributed by atoms with Crippen molar-refractivity contribution >= 4 is 34.9 Å². The van der Waals surface area contributed by atoms with Gasteiger partial charge >= 0.3 is 6.03 Å². The van der Waals surface area contributed by atoms with Crippen molar-refractivity contribution in [2.45, 2.75) is 25.5 Å². The van der Waals surface area contributed by atoms with E-state index in [1.165, 1.54) is 39.9 Å². The summed E-state index contributed by atoms with van der Waals surface area (Å²) in [4.78, 5) is 39.5. The first-order valence-electron chi connectivity index (χ1n) is 11.1. The average Bonchev–Trinajstić information content (AvgIpc) is 3.27. The molecule has 1 aliphatic rings. The maximum Gasteiger partial charge on any atom is 0.322 e. The molecule has 0 bridgehead atoms. The lowest BCUT2D eigenvalue weighted by atomic mass is 10.1. The highest BCUT2D eigenvalue weighted by Gasteiger charge is 2.40. The van der Waals surface area contributed by atoms with Crippen LogP contribution in [0, 0.1) is 5.82 Å². The number of anilines is 2. The van der Waals surface area contributed by atoms with Crippen molar-refractivity contribution in [1.82, 2.24) is 9.47 Å². The molecule has 3 aromatic rings. The molecule has 2 atom stereocenters. The first kappa shape index (κ1) is 24.4. The van der Waals surface area contributed by atoms with Crippen LogP contribution in [0.5, 0.6) is 0 Å². The van der Waals surface area contributed by atoms with Gasteiger partial charge in [0.2, 0.25) is 5.91 Å². The summed E-state index contributed by atoms with van der Waals surface area (Å²) >= 11 is 5.90. The van der Waals surface area contributed by atoms with Crippen molar-refractivity contribution in [2.75, 3.05) is 23.8 Å². The Kier molecular flexibility index (Phi) is 7.48. The molecule has 0 radical (unpaired) electrons. The number of rotatable bonds is 6. The maximum absolute atomic E-state index is 14.8. The van der Waals surface area contributed by atoms with Crippen molar-refractivity contribution in [2.24, 2.45) is 0 Å². The number of pyridine rings is 1. The molecular formula is C25H24ClFN4O4. The SMILES string of the molecule is CCO[C@@H]1C[C@H](C(=O)Nc2ccc(-n3ccccc3=O)cc2F)N(C(=O)Nc2ccc(Cl)cc2)C1. The van der Waals surface area contributed by atoms with Crippen LogP contribution in [0.4, 0.5) is 20.6 Å². The van der Waals surface area contributed by atoms with Crippen molar-refractivity contribution in [3.05, 3.63) is 88.1 Å². The molecule has 35 heavy (non-hydrogen) atoms. The van der Waals surface area contributed by atoms with Gasteiger partial charge in [-0.1, -0.05) is 17.7 Å². The Labute approximate surface area is 206 Å². The smallest absolute Gasteiger partial charge is 0.322 e. The second-order valence-corrected chi connectivity index (χ2v) is 8.42. The van der Waals surface area contributed by atoms with Gasteiger partial charge in [-0.15, -0.1) is 0 Å². The van der Waals surface area contributed by atoms with Gasteiger partial charge in [0.25, 0.3) is 5.56 Å². The van der Waals surface area contributed by atoms with E-state index in [2.05, 4.69) is 10.6 Å². The monoisotopic (exact) mass is 498 g/mol. The van der Waals surface area contributed by atoms with E-state index in [9.17, 15) is 18.8 Å². The number of carbonyl (C=O) groups is 2. The van der Waals surface area contributed by atoms with Crippen LogP contribution >= 0.6 is 11.6 Å². The lowest BCUT2D eigenvalue weighted by Gasteiger charge is -2.24. The highest BCUT2D eigenvalue weighted by molar-refractivity contribution is 6.30. The van der Waals surface area contributed by atoms with E-state index in [1.807, 2.05) is 6.92 Å². The number of benzene rings is 2. The summed E-state index contributed by atoms with van der Waals surface area (Å²) in [6, 6.07) is 14.0. The van der Waals surface area contributed by atoms with Crippen LogP contribution in [0.3, 0.4) is 0 Å². The van der Waals surface area contributed by atoms with E-state index in [-0.39, 0.29) is 30.3 Å². The fourth-order valence-electron chi connectivity index (χ4n) is 3.97. The molecule has 182 valence electrons. The Hall–Kier alpha value is -3.69. The van der Waals surface area contributed by atoms with E-state index in [1.54, 1.807) is 36.4 Å². The second-order valence-electron chi connectivity index (χ2n) is 7.98. The molecule has 2 heterocycles. The molecule has 8 nitrogen and oxygen atoms in total. The molecule has 2 N–H and O–H groups in total. The van der Waals surface area contributed by atoms with E-state index in [0.717, 1.165) is 0 Å². The zero-order chi connectivity index (χ0) is 24.9. The van der Waals surface area contributed by atoms with E-state index in [4.69, 9.17) is 16.3 Å². The number of aromatic nitrogens is 1. The summed E-state index contributed by atoms with van der Waals surface area (Å²) in [6.07, 6.45) is 1.47. The number of halogens is 2. The number of ether oxygens (including phenoxy) is 1. The van der Waals surface area contributed by atoms with Crippen LogP contribution in [-0.2, 0) is 9.53 Å². The Balaban J connectivity index is 1.50. The zero-order valence-electron chi connectivity index (χ0n) is 18.9. The van der Waals surface area contributed by atoms with E-state index >= 15 is 0 Å². The predicted molar refractivity (Wildman–Crippen MR) is 132 cm³/mol. The largest absolute Gasteiger partial charge is 0.377 e. The molecule has 1 aromatic heterocycles. The van der Waals surface area contributed by atoms with Gasteiger partial charge in [0.05, 0.1) is 17.5 Å². The number of likely N-dealkylation sites (tertiary alicyclic amines) is 1. The van der Waals surface area contributed by atoms with Crippen molar-refractivity contribution < 1.29 is 18.7 Å². The van der Waals surface area contributed by atoms with Gasteiger partial charge in [-0.3, -0.25) is 14.2 Å². The van der Waals surface area contributed by atoms with Gasteiger partial charge in [0, 0.05) is 48.6 Å². The van der Waals surface area contributed by atoms with Crippen LogP contribution in [0.1, 0.15) is 13.3 Å². The molecule has 0 unspecified atom stereocenters. The fourth-order valence-corrected chi connectivity index (χ4v) is 4.09. The second kappa shape index (κ2) is 10.7. The highest BCUT2D eigenvalue weighted by atomic mass is 35.5. The van der Waals surface area contributed by atoms with Crippen LogP contribution < -0.4 is 16.2 Å². The molecule has 2 aromatic carbocycles. The highest BCUT2D eigenvalue weighted by Crippen LogP contribution is 2.25. The van der Waals surface area contributed by atoms with Gasteiger partial charge in [-0.25, -0.2) is 9.18 Å². The summed E-state index contributed by atoms with van der Waals surface area (Å²) in [6.45, 7) is 2.48. The molecule has 1 saturated heterocycles. The minimum absolute atomic E-state index is 0.0550. The van der Waals surface area contributed by atoms with Crippen molar-refractivity contribution in [3.63, 3.8) is 0 Å². The number of carbonyl (C=O) groups excluding carboxylic acids is 2. The first-order valence-corrected chi connectivity index (χ1v) is 11.5. The molecule has 4 rings (SSSR count). The quantitative estimate of drug-likeness (QED) is 0.530. The third kappa shape index (κ3) is 5.70. The summed E-state index contributed by atoms with van der Waals surface area (Å²) in [5, 5.41) is 5.85. The standard InChI is InChI=1S/C25H24ClFN4O4/c1-2-35-19-14-22(31(15-19)25(34)28-17-8-6-16(26)7-9-17)24(33)29-21-11-10-18(13-20(21)27)30-12-4-3-5-23(30)32/h3-13,19,22H,2,14-15H2,1H3,(H,28,34)(H,29,33)/t19-,22-/m1/s1. The third-order valence-corrected chi connectivity index (χ3v) is 5.89. The number of amides is 3. The zero-order valence-corrected chi connectivity index (χ0v) is 19.7. The average molecular weight is 499 g/mol. The minimum Gasteiger partial charge on any atom is -0.377 e. The fraction of sp³-hybridized carbons (Fsp3) is 0.240. The summed E-state index contributed by atoms with van der Waals surface area (Å²) in [7, 11) is 0. The number of hydrogen-bond acceptors (Lipinski definition) is 4. The molecular weight excluding hydrogens is 475 g/mol. The molecule has 1 aliphatic heterocycles. The minimum atomic E-state index is -0.866. The lowest BCUT2D eigenvalue weighted by Crippen LogP contribution is -2.45. The van der Waals surface area contributed by atoms with E-state index < -0.39 is 23.8 Å². The van der Waals surface area contributed by atoms with Gasteiger partial charge in [0.15, 0.2) is 0 Å². The number of nitrogens with zero attached hydrogens (tertiary/aromatic N) is 2. The molecule has 10 heteroatoms. The van der Waals surface area contributed by atoms with Gasteiger partial charge in [0.1, 0.15) is 11.9 Å². The Morgan fingerprint density at radius 2 is 1.89 bits per heavy atom. The van der Waals surface area contributed by atoms with Gasteiger partial charge in [-0.05, 0) is 49.4 Å². The Morgan fingerprint density at radius 1 is 1.11 bits per heavy atom. The molecule has 0 aliphatic carbocycles. The van der Waals surface area contributed by atoms with Crippen molar-refractivity contribution in [1.29, 1.82) is 0 Å². The Morgan fingerprint density at radius 3 is 2.57 bits per heavy atom. The van der Waals surface area contributed by atoms with Crippen LogP contribution in [-0.4, -0.2) is 46.7 Å². The lowest BCUT2D eigenvalue weighted by molar-refractivity contribution is -0.119. The number of urea groups is 1. The van der Waals surface area contributed by atoms with E-state index in [0.29, 0.717) is 23.0 Å². The topological polar surface area (TPSA) is 92.7 Å². The normalized spacial score (nSPS) is 17.3. The van der Waals surface area contributed by atoms with Gasteiger partial charge in [-0.2, -0.15) is 0 Å². The van der Waals surface area contributed by atoms with Crippen LogP contribution in [0.25, 0.3) is 5.69 Å². The maximum atomic E-state index is 14.8. The summed E-state index contributed by atoms with van der Waals surface area (Å²) in [5.41, 5.74) is 0.489. The predicted octanol–water partition coefficient (Wildman–Crippen LogP) is 4.28. The third-order valence-electron chi connectivity index (χ3n) is 5.64. The van der Waals surface area contributed by atoms with Crippen LogP contribution in [0.15, 0.2) is 71.7 Å². The summed E-state index contributed by atoms with van der Waals surface area (Å²) in [5.74, 6) is -1.25. The summed E-state index contributed by atoms with van der Waals surface area (Å²) < 4.78 is 21.8. The van der Waals surface area contributed by atoms with Crippen molar-refractivity contribution in [3.8, 4) is 5.69 Å². The van der Waals surface area contributed by atoms with Crippen LogP contribution in [0.2, 0.25) is 5.02 Å². The van der Waals surface area contributed by atoms with Gasteiger partial charge < -0.3 is 20.3 Å².